The van der Waals surface area contributed by atoms with E-state index < -0.39 is 30.8 Å². The standard InChI is InChI=1S/C5H9NO4.Ag/c6-3(1-4(7)8)2-5(9)10;/h3H,1-2,6H2,(H,7,8)(H,9,10);/q;+2/p-2. The molecule has 0 amide bonds. The number of rotatable bonds is 4. The average Bonchev–Trinajstić information content (AvgIpc) is 1.58. The molecule has 0 rings (SSSR count). The van der Waals surface area contributed by atoms with Gasteiger partial charge >= 0.3 is 22.4 Å². The Balaban J connectivity index is 0. The molecule has 0 aliphatic heterocycles. The van der Waals surface area contributed by atoms with Gasteiger partial charge in [-0.25, -0.2) is 0 Å². The summed E-state index contributed by atoms with van der Waals surface area (Å²) in [5, 5.41) is 19.6. The van der Waals surface area contributed by atoms with E-state index in [1.54, 1.807) is 0 Å². The number of carbonyl (C=O) groups excluding carboxylic acids is 2. The van der Waals surface area contributed by atoms with Crippen molar-refractivity contribution in [1.82, 2.24) is 0 Å². The van der Waals surface area contributed by atoms with E-state index in [0.717, 1.165) is 0 Å². The Morgan fingerprint density at radius 2 is 1.45 bits per heavy atom. The number of carboxylic acid groups (broad SMARTS) is 2. The van der Waals surface area contributed by atoms with Crippen molar-refractivity contribution in [2.24, 2.45) is 5.73 Å². The van der Waals surface area contributed by atoms with Gasteiger partial charge in [0.25, 0.3) is 0 Å². The van der Waals surface area contributed by atoms with E-state index in [1.807, 2.05) is 0 Å². The minimum Gasteiger partial charge on any atom is -0.550 e. The predicted molar refractivity (Wildman–Crippen MR) is 27.2 cm³/mol. The van der Waals surface area contributed by atoms with Crippen molar-refractivity contribution < 1.29 is 42.2 Å². The number of hydrogen-bond donors (Lipinski definition) is 1. The van der Waals surface area contributed by atoms with Crippen molar-refractivity contribution in [2.45, 2.75) is 18.9 Å². The number of aliphatic carboxylic acids is 2. The van der Waals surface area contributed by atoms with Crippen LogP contribution in [0.2, 0.25) is 0 Å². The van der Waals surface area contributed by atoms with E-state index in [1.165, 1.54) is 0 Å². The summed E-state index contributed by atoms with van der Waals surface area (Å²) in [6.07, 6.45) is -0.901. The smallest absolute Gasteiger partial charge is 0.550 e. The van der Waals surface area contributed by atoms with Gasteiger partial charge in [-0.1, -0.05) is 0 Å². The Morgan fingerprint density at radius 3 is 1.64 bits per heavy atom. The molecule has 0 aliphatic rings. The SMILES string of the molecule is NC(CC(=O)[O-])CC(=O)[O-].[Ag+2]. The van der Waals surface area contributed by atoms with Crippen molar-refractivity contribution in [2.75, 3.05) is 0 Å². The normalized spacial score (nSPS) is 8.91. The van der Waals surface area contributed by atoms with Crippen LogP contribution in [0.4, 0.5) is 0 Å². The van der Waals surface area contributed by atoms with Gasteiger partial charge in [-0.3, -0.25) is 0 Å². The molecule has 0 aromatic carbocycles. The van der Waals surface area contributed by atoms with Gasteiger partial charge in [0.05, 0.1) is 0 Å². The molecule has 11 heavy (non-hydrogen) atoms. The molecule has 0 bridgehead atoms. The summed E-state index contributed by atoms with van der Waals surface area (Å²) in [4.78, 5) is 19.6. The Kier molecular flexibility index (Phi) is 7.65. The summed E-state index contributed by atoms with van der Waals surface area (Å²) >= 11 is 0. The van der Waals surface area contributed by atoms with E-state index >= 15 is 0 Å². The molecular formula is C5H7AgNO4. The van der Waals surface area contributed by atoms with Crippen LogP contribution < -0.4 is 15.9 Å². The van der Waals surface area contributed by atoms with E-state index in [0.29, 0.717) is 0 Å². The maximum absolute atomic E-state index is 9.79. The third-order valence-electron chi connectivity index (χ3n) is 0.858. The average molecular weight is 253 g/mol. The fourth-order valence-corrected chi connectivity index (χ4v) is 0.500. The summed E-state index contributed by atoms with van der Waals surface area (Å²) in [6.45, 7) is 0. The zero-order valence-electron chi connectivity index (χ0n) is 5.50. The van der Waals surface area contributed by atoms with Crippen molar-refractivity contribution >= 4 is 11.9 Å². The predicted octanol–water partition coefficient (Wildman–Crippen LogP) is -3.41. The van der Waals surface area contributed by atoms with Gasteiger partial charge in [-0.15, -0.1) is 0 Å². The Hall–Kier alpha value is -0.360. The third kappa shape index (κ3) is 9.64. The van der Waals surface area contributed by atoms with Crippen LogP contribution in [0.1, 0.15) is 12.8 Å². The topological polar surface area (TPSA) is 106 Å². The quantitative estimate of drug-likeness (QED) is 0.525. The number of nitrogens with two attached hydrogens (primary N) is 1. The van der Waals surface area contributed by atoms with E-state index in [-0.39, 0.29) is 22.4 Å². The first-order valence-electron chi connectivity index (χ1n) is 2.67. The molecule has 0 spiro atoms. The fourth-order valence-electron chi connectivity index (χ4n) is 0.500. The molecule has 0 saturated carbocycles. The zero-order valence-corrected chi connectivity index (χ0v) is 6.99. The van der Waals surface area contributed by atoms with Crippen LogP contribution >= 0.6 is 0 Å². The van der Waals surface area contributed by atoms with Gasteiger partial charge < -0.3 is 25.5 Å². The van der Waals surface area contributed by atoms with Gasteiger partial charge in [-0.2, -0.15) is 0 Å². The molecule has 0 atom stereocenters. The molecule has 67 valence electrons. The molecule has 6 heteroatoms. The molecule has 0 aromatic heterocycles. The maximum Gasteiger partial charge on any atom is 2.00 e. The van der Waals surface area contributed by atoms with Crippen molar-refractivity contribution in [3.63, 3.8) is 0 Å². The second-order valence-corrected chi connectivity index (χ2v) is 1.91. The molecule has 0 aromatic rings. The minimum absolute atomic E-state index is 0. The largest absolute Gasteiger partial charge is 2.00 e. The second kappa shape index (κ2) is 6.36. The summed E-state index contributed by atoms with van der Waals surface area (Å²) in [7, 11) is 0. The Morgan fingerprint density at radius 1 is 1.18 bits per heavy atom. The summed E-state index contributed by atoms with van der Waals surface area (Å²) in [5.41, 5.74) is 5.03. The maximum atomic E-state index is 9.79. The van der Waals surface area contributed by atoms with Gasteiger partial charge in [-0.05, 0) is 0 Å². The first-order chi connectivity index (χ1) is 4.52. The van der Waals surface area contributed by atoms with Gasteiger partial charge in [0.1, 0.15) is 0 Å². The van der Waals surface area contributed by atoms with E-state index in [9.17, 15) is 19.8 Å². The summed E-state index contributed by atoms with van der Waals surface area (Å²) < 4.78 is 0. The molecule has 0 fully saturated rings. The van der Waals surface area contributed by atoms with Crippen LogP contribution in [0, 0.1) is 0 Å². The molecule has 0 heterocycles. The van der Waals surface area contributed by atoms with Crippen LogP contribution in [0.15, 0.2) is 0 Å². The van der Waals surface area contributed by atoms with Crippen molar-refractivity contribution in [1.29, 1.82) is 0 Å². The van der Waals surface area contributed by atoms with Crippen LogP contribution in [0.3, 0.4) is 0 Å². The number of hydrogen-bond acceptors (Lipinski definition) is 5. The van der Waals surface area contributed by atoms with E-state index in [4.69, 9.17) is 5.73 Å². The van der Waals surface area contributed by atoms with Gasteiger partial charge in [0.15, 0.2) is 0 Å². The van der Waals surface area contributed by atoms with E-state index in [2.05, 4.69) is 0 Å². The molecule has 5 nitrogen and oxygen atoms in total. The van der Waals surface area contributed by atoms with Gasteiger partial charge in [0, 0.05) is 30.8 Å². The molecule has 0 unspecified atom stereocenters. The molecular weight excluding hydrogens is 246 g/mol. The van der Waals surface area contributed by atoms with Crippen molar-refractivity contribution in [3.05, 3.63) is 0 Å². The Labute approximate surface area is 79.1 Å². The van der Waals surface area contributed by atoms with Crippen LogP contribution in [0.5, 0.6) is 0 Å². The number of carbonyl (C=O) groups is 2. The summed E-state index contributed by atoms with van der Waals surface area (Å²) in [5.74, 6) is -2.71. The first kappa shape index (κ1) is 13.2. The summed E-state index contributed by atoms with van der Waals surface area (Å²) in [6, 6.07) is -0.907. The third-order valence-corrected chi connectivity index (χ3v) is 0.858. The van der Waals surface area contributed by atoms with Crippen LogP contribution in [-0.2, 0) is 32.0 Å². The molecule has 0 saturated heterocycles. The fraction of sp³-hybridized carbons (Fsp3) is 0.600. The first-order valence-corrected chi connectivity index (χ1v) is 2.67. The molecule has 2 N–H and O–H groups in total. The second-order valence-electron chi connectivity index (χ2n) is 1.91. The Bertz CT molecular complexity index is 133. The van der Waals surface area contributed by atoms with Crippen molar-refractivity contribution in [3.8, 4) is 0 Å². The van der Waals surface area contributed by atoms with Crippen LogP contribution in [-0.4, -0.2) is 18.0 Å². The van der Waals surface area contributed by atoms with Gasteiger partial charge in [0.2, 0.25) is 0 Å². The van der Waals surface area contributed by atoms with Crippen LogP contribution in [0.25, 0.3) is 0 Å². The monoisotopic (exact) mass is 252 g/mol. The molecule has 0 aliphatic carbocycles. The molecule has 1 radical (unpaired) electrons. The number of carboxylic acids is 2. The zero-order chi connectivity index (χ0) is 8.15. The minimum atomic E-state index is -1.35.